The van der Waals surface area contributed by atoms with Crippen molar-refractivity contribution >= 4 is 11.9 Å². The average molecular weight is 382 g/mol. The van der Waals surface area contributed by atoms with Crippen molar-refractivity contribution in [1.29, 1.82) is 0 Å². The van der Waals surface area contributed by atoms with Crippen molar-refractivity contribution in [3.63, 3.8) is 0 Å². The lowest BCUT2D eigenvalue weighted by Gasteiger charge is -2.15. The van der Waals surface area contributed by atoms with E-state index in [1.165, 1.54) is 0 Å². The van der Waals surface area contributed by atoms with Crippen LogP contribution in [0.2, 0.25) is 0 Å². The molecule has 7 nitrogen and oxygen atoms in total. The maximum Gasteiger partial charge on any atom is 0.241 e. The molecule has 3 rings (SSSR count). The smallest absolute Gasteiger partial charge is 0.241 e. The van der Waals surface area contributed by atoms with E-state index in [4.69, 9.17) is 9.47 Å². The van der Waals surface area contributed by atoms with Gasteiger partial charge in [-0.3, -0.25) is 4.79 Å². The molecule has 0 atom stereocenters. The maximum absolute atomic E-state index is 11.9. The summed E-state index contributed by atoms with van der Waals surface area (Å²) >= 11 is 0. The number of nitrogens with one attached hydrogen (secondary N) is 2. The Bertz CT molecular complexity index is 822. The van der Waals surface area contributed by atoms with Crippen molar-refractivity contribution in [2.45, 2.75) is 13.0 Å². The molecular formula is C21H26N4O3. The van der Waals surface area contributed by atoms with Crippen molar-refractivity contribution in [1.82, 2.24) is 15.5 Å². The number of fused-ring (bicyclic) bond motifs is 1. The second-order valence-electron chi connectivity index (χ2n) is 6.66. The Hall–Kier alpha value is -3.22. The van der Waals surface area contributed by atoms with Gasteiger partial charge in [0.25, 0.3) is 0 Å². The lowest BCUT2D eigenvalue weighted by atomic mass is 10.1. The van der Waals surface area contributed by atoms with Crippen molar-refractivity contribution in [3.8, 4) is 11.5 Å². The number of aliphatic imine (C=N–C) groups is 1. The molecule has 0 unspecified atom stereocenters. The number of rotatable bonds is 7. The average Bonchev–Trinajstić information content (AvgIpc) is 3.18. The Morgan fingerprint density at radius 2 is 1.82 bits per heavy atom. The van der Waals surface area contributed by atoms with E-state index in [1.807, 2.05) is 48.5 Å². The van der Waals surface area contributed by atoms with Crippen LogP contribution in [0.4, 0.5) is 0 Å². The molecule has 0 aliphatic carbocycles. The maximum atomic E-state index is 11.9. The molecule has 0 saturated heterocycles. The lowest BCUT2D eigenvalue weighted by Crippen LogP contribution is -2.43. The van der Waals surface area contributed by atoms with Gasteiger partial charge < -0.3 is 25.0 Å². The summed E-state index contributed by atoms with van der Waals surface area (Å²) in [6.45, 7) is 1.68. The number of likely N-dealkylation sites (N-methyl/N-ethyl adjacent to an activating group) is 1. The lowest BCUT2D eigenvalue weighted by molar-refractivity contribution is -0.127. The van der Waals surface area contributed by atoms with Gasteiger partial charge in [-0.25, -0.2) is 4.99 Å². The summed E-state index contributed by atoms with van der Waals surface area (Å²) in [5.41, 5.74) is 2.25. The minimum atomic E-state index is -0.00928. The number of nitrogens with zero attached hydrogens (tertiary/aromatic N) is 2. The minimum Gasteiger partial charge on any atom is -0.454 e. The molecule has 0 fully saturated rings. The molecule has 148 valence electrons. The summed E-state index contributed by atoms with van der Waals surface area (Å²) in [7, 11) is 3.47. The molecular weight excluding hydrogens is 356 g/mol. The van der Waals surface area contributed by atoms with Gasteiger partial charge in [0, 0.05) is 20.6 Å². The molecule has 1 aliphatic rings. The van der Waals surface area contributed by atoms with Crippen LogP contribution < -0.4 is 20.1 Å². The number of guanidine groups is 1. The van der Waals surface area contributed by atoms with E-state index in [0.29, 0.717) is 19.0 Å². The largest absolute Gasteiger partial charge is 0.454 e. The fourth-order valence-electron chi connectivity index (χ4n) is 2.67. The van der Waals surface area contributed by atoms with E-state index < -0.39 is 0 Å². The normalized spacial score (nSPS) is 12.6. The molecule has 0 spiro atoms. The Kier molecular flexibility index (Phi) is 6.73. The zero-order valence-electron chi connectivity index (χ0n) is 16.3. The predicted octanol–water partition coefficient (Wildman–Crippen LogP) is 1.78. The molecule has 0 saturated carbocycles. The van der Waals surface area contributed by atoms with Crippen molar-refractivity contribution < 1.29 is 14.3 Å². The van der Waals surface area contributed by atoms with Crippen molar-refractivity contribution in [2.24, 2.45) is 4.99 Å². The van der Waals surface area contributed by atoms with Crippen LogP contribution in [0.1, 0.15) is 11.1 Å². The quantitative estimate of drug-likeness (QED) is 0.564. The minimum absolute atomic E-state index is 0.00928. The molecule has 0 radical (unpaired) electrons. The molecule has 1 heterocycles. The van der Waals surface area contributed by atoms with Crippen LogP contribution in [-0.4, -0.2) is 50.7 Å². The second-order valence-corrected chi connectivity index (χ2v) is 6.66. The van der Waals surface area contributed by atoms with Gasteiger partial charge in [-0.1, -0.05) is 36.4 Å². The fraction of sp³-hybridized carbons (Fsp3) is 0.333. The molecule has 2 aromatic carbocycles. The SMILES string of the molecule is CN(C)C(=O)CNC(=NCc1ccccc1)NCCc1ccc2c(c1)OCO2. The Labute approximate surface area is 165 Å². The van der Waals surface area contributed by atoms with Crippen LogP contribution >= 0.6 is 0 Å². The van der Waals surface area contributed by atoms with E-state index >= 15 is 0 Å². The van der Waals surface area contributed by atoms with Crippen LogP contribution in [0.5, 0.6) is 11.5 Å². The monoisotopic (exact) mass is 382 g/mol. The first kappa shape index (κ1) is 19.5. The van der Waals surface area contributed by atoms with Gasteiger partial charge in [-0.05, 0) is 29.7 Å². The van der Waals surface area contributed by atoms with E-state index in [1.54, 1.807) is 19.0 Å². The third kappa shape index (κ3) is 5.64. The van der Waals surface area contributed by atoms with E-state index in [2.05, 4.69) is 15.6 Å². The van der Waals surface area contributed by atoms with Gasteiger partial charge in [-0.15, -0.1) is 0 Å². The summed E-state index contributed by atoms with van der Waals surface area (Å²) in [5, 5.41) is 6.40. The first-order valence-corrected chi connectivity index (χ1v) is 9.26. The Balaban J connectivity index is 1.56. The third-order valence-corrected chi connectivity index (χ3v) is 4.31. The number of hydrogen-bond acceptors (Lipinski definition) is 4. The second kappa shape index (κ2) is 9.64. The van der Waals surface area contributed by atoms with E-state index in [-0.39, 0.29) is 19.2 Å². The molecule has 2 N–H and O–H groups in total. The van der Waals surface area contributed by atoms with Gasteiger partial charge in [0.1, 0.15) is 0 Å². The first-order valence-electron chi connectivity index (χ1n) is 9.26. The molecule has 28 heavy (non-hydrogen) atoms. The molecule has 7 heteroatoms. The van der Waals surface area contributed by atoms with Gasteiger partial charge in [0.05, 0.1) is 13.1 Å². The van der Waals surface area contributed by atoms with Crippen LogP contribution in [0.3, 0.4) is 0 Å². The predicted molar refractivity (Wildman–Crippen MR) is 109 cm³/mol. The molecule has 2 aromatic rings. The van der Waals surface area contributed by atoms with Gasteiger partial charge in [0.15, 0.2) is 17.5 Å². The standard InChI is InChI=1S/C21H26N4O3/c1-25(2)20(26)14-24-21(23-13-17-6-4-3-5-7-17)22-11-10-16-8-9-18-19(12-16)28-15-27-18/h3-9,12H,10-11,13-15H2,1-2H3,(H2,22,23,24). The number of ether oxygens (including phenoxy) is 2. The molecule has 0 bridgehead atoms. The zero-order chi connectivity index (χ0) is 19.8. The highest BCUT2D eigenvalue weighted by molar-refractivity contribution is 5.86. The number of hydrogen-bond donors (Lipinski definition) is 2. The van der Waals surface area contributed by atoms with Crippen molar-refractivity contribution in [2.75, 3.05) is 34.0 Å². The van der Waals surface area contributed by atoms with Crippen LogP contribution in [0, 0.1) is 0 Å². The summed E-state index contributed by atoms with van der Waals surface area (Å²) in [5.74, 6) is 2.17. The molecule has 1 aliphatic heterocycles. The highest BCUT2D eigenvalue weighted by Gasteiger charge is 2.13. The number of carbonyl (C=O) groups is 1. The van der Waals surface area contributed by atoms with Gasteiger partial charge >= 0.3 is 0 Å². The van der Waals surface area contributed by atoms with Gasteiger partial charge in [-0.2, -0.15) is 0 Å². The summed E-state index contributed by atoms with van der Waals surface area (Å²) in [6, 6.07) is 16.0. The highest BCUT2D eigenvalue weighted by atomic mass is 16.7. The first-order chi connectivity index (χ1) is 13.6. The van der Waals surface area contributed by atoms with E-state index in [0.717, 1.165) is 29.0 Å². The molecule has 0 aromatic heterocycles. The Morgan fingerprint density at radius 3 is 2.61 bits per heavy atom. The zero-order valence-corrected chi connectivity index (χ0v) is 16.3. The van der Waals surface area contributed by atoms with Gasteiger partial charge in [0.2, 0.25) is 12.7 Å². The van der Waals surface area contributed by atoms with Crippen LogP contribution in [0.25, 0.3) is 0 Å². The van der Waals surface area contributed by atoms with E-state index in [9.17, 15) is 4.79 Å². The summed E-state index contributed by atoms with van der Waals surface area (Å²) in [6.07, 6.45) is 0.796. The number of amides is 1. The topological polar surface area (TPSA) is 75.2 Å². The third-order valence-electron chi connectivity index (χ3n) is 4.31. The molecule has 1 amide bonds. The summed E-state index contributed by atoms with van der Waals surface area (Å²) in [4.78, 5) is 18.0. The van der Waals surface area contributed by atoms with Crippen molar-refractivity contribution in [3.05, 3.63) is 59.7 Å². The fourth-order valence-corrected chi connectivity index (χ4v) is 2.67. The highest BCUT2D eigenvalue weighted by Crippen LogP contribution is 2.32. The van der Waals surface area contributed by atoms with Crippen LogP contribution in [0.15, 0.2) is 53.5 Å². The number of benzene rings is 2. The van der Waals surface area contributed by atoms with Crippen LogP contribution in [-0.2, 0) is 17.8 Å². The Morgan fingerprint density at radius 1 is 1.04 bits per heavy atom. The number of carbonyl (C=O) groups excluding carboxylic acids is 1. The summed E-state index contributed by atoms with van der Waals surface area (Å²) < 4.78 is 10.8.